The normalized spacial score (nSPS) is 10.9. The van der Waals surface area contributed by atoms with Crippen molar-refractivity contribution in [2.75, 3.05) is 6.61 Å². The van der Waals surface area contributed by atoms with Crippen LogP contribution in [0.4, 0.5) is 0 Å². The van der Waals surface area contributed by atoms with Crippen LogP contribution in [0.5, 0.6) is 5.75 Å². The average molecular weight is 383 g/mol. The maximum atomic E-state index is 11.8. The van der Waals surface area contributed by atoms with Gasteiger partial charge < -0.3 is 9.15 Å². The summed E-state index contributed by atoms with van der Waals surface area (Å²) in [6.07, 6.45) is 1.43. The molecule has 1 N–H and O–H groups in total. The predicted molar refractivity (Wildman–Crippen MR) is 106 cm³/mol. The van der Waals surface area contributed by atoms with Crippen LogP contribution in [0.1, 0.15) is 16.9 Å². The van der Waals surface area contributed by atoms with Crippen molar-refractivity contribution in [2.45, 2.75) is 13.8 Å². The van der Waals surface area contributed by atoms with Gasteiger partial charge in [0, 0.05) is 5.56 Å². The van der Waals surface area contributed by atoms with Gasteiger partial charge in [-0.1, -0.05) is 29.8 Å². The number of furan rings is 1. The van der Waals surface area contributed by atoms with Crippen LogP contribution in [0.3, 0.4) is 0 Å². The molecular formula is C21H19ClN2O3. The van der Waals surface area contributed by atoms with E-state index in [4.69, 9.17) is 20.8 Å². The number of carbonyl (C=O) groups excluding carboxylic acids is 1. The van der Waals surface area contributed by atoms with Gasteiger partial charge in [0.1, 0.15) is 17.3 Å². The Labute approximate surface area is 162 Å². The molecular weight excluding hydrogens is 364 g/mol. The molecule has 0 atom stereocenters. The van der Waals surface area contributed by atoms with E-state index in [1.807, 2.05) is 50.2 Å². The summed E-state index contributed by atoms with van der Waals surface area (Å²) >= 11 is 6.15. The molecule has 0 saturated carbocycles. The minimum atomic E-state index is -0.358. The van der Waals surface area contributed by atoms with Crippen LogP contribution in [-0.4, -0.2) is 18.7 Å². The summed E-state index contributed by atoms with van der Waals surface area (Å²) in [6.45, 7) is 3.83. The summed E-state index contributed by atoms with van der Waals surface area (Å²) in [5, 5.41) is 4.49. The number of aryl methyl sites for hydroxylation is 2. The topological polar surface area (TPSA) is 63.8 Å². The molecule has 1 heterocycles. The highest BCUT2D eigenvalue weighted by Gasteiger charge is 2.07. The maximum Gasteiger partial charge on any atom is 0.277 e. The zero-order valence-corrected chi connectivity index (χ0v) is 15.8. The van der Waals surface area contributed by atoms with E-state index >= 15 is 0 Å². The zero-order valence-electron chi connectivity index (χ0n) is 15.0. The summed E-state index contributed by atoms with van der Waals surface area (Å²) in [5.74, 6) is 1.43. The standard InChI is InChI=1S/C21H19ClN2O3/c1-14-9-15(2)11-17(10-14)26-13-21(25)24-23-12-16-7-8-20(27-16)18-5-3-4-6-19(18)22/h3-12H,13H2,1-2H3,(H,24,25)/b23-12-. The highest BCUT2D eigenvalue weighted by molar-refractivity contribution is 6.33. The third-order valence-corrected chi connectivity index (χ3v) is 4.04. The molecule has 6 heteroatoms. The number of halogens is 1. The molecule has 0 aliphatic rings. The van der Waals surface area contributed by atoms with Crippen molar-refractivity contribution < 1.29 is 13.9 Å². The third-order valence-electron chi connectivity index (χ3n) is 3.71. The van der Waals surface area contributed by atoms with E-state index in [2.05, 4.69) is 10.5 Å². The van der Waals surface area contributed by atoms with E-state index in [-0.39, 0.29) is 12.5 Å². The number of ether oxygens (including phenoxy) is 1. The quantitative estimate of drug-likeness (QED) is 0.494. The van der Waals surface area contributed by atoms with Crippen molar-refractivity contribution in [3.05, 3.63) is 76.5 Å². The number of hydrazone groups is 1. The summed E-state index contributed by atoms with van der Waals surface area (Å²) < 4.78 is 11.2. The van der Waals surface area contributed by atoms with E-state index in [0.717, 1.165) is 16.7 Å². The first kappa shape index (κ1) is 18.7. The van der Waals surface area contributed by atoms with Crippen LogP contribution in [-0.2, 0) is 4.79 Å². The predicted octanol–water partition coefficient (Wildman–Crippen LogP) is 4.75. The minimum Gasteiger partial charge on any atom is -0.484 e. The van der Waals surface area contributed by atoms with Crippen LogP contribution >= 0.6 is 11.6 Å². The lowest BCUT2D eigenvalue weighted by atomic mass is 10.1. The van der Waals surface area contributed by atoms with Crippen molar-refractivity contribution in [1.82, 2.24) is 5.43 Å². The Morgan fingerprint density at radius 1 is 1.15 bits per heavy atom. The molecule has 1 aromatic heterocycles. The molecule has 0 radical (unpaired) electrons. The van der Waals surface area contributed by atoms with Gasteiger partial charge in [0.05, 0.1) is 11.2 Å². The van der Waals surface area contributed by atoms with Gasteiger partial charge >= 0.3 is 0 Å². The molecule has 27 heavy (non-hydrogen) atoms. The molecule has 0 unspecified atom stereocenters. The van der Waals surface area contributed by atoms with Gasteiger partial charge in [0.25, 0.3) is 5.91 Å². The molecule has 138 valence electrons. The first-order chi connectivity index (χ1) is 13.0. The van der Waals surface area contributed by atoms with Crippen LogP contribution in [0.2, 0.25) is 5.02 Å². The second kappa shape index (κ2) is 8.56. The van der Waals surface area contributed by atoms with E-state index in [0.29, 0.717) is 22.3 Å². The number of nitrogens with one attached hydrogen (secondary N) is 1. The Hall–Kier alpha value is -3.05. The summed E-state index contributed by atoms with van der Waals surface area (Å²) in [4.78, 5) is 11.8. The molecule has 0 saturated heterocycles. The molecule has 0 fully saturated rings. The Bertz CT molecular complexity index is 959. The van der Waals surface area contributed by atoms with Gasteiger partial charge in [0.15, 0.2) is 6.61 Å². The lowest BCUT2D eigenvalue weighted by Crippen LogP contribution is -2.24. The monoisotopic (exact) mass is 382 g/mol. The second-order valence-corrected chi connectivity index (χ2v) is 6.49. The number of hydrogen-bond acceptors (Lipinski definition) is 4. The highest BCUT2D eigenvalue weighted by Crippen LogP contribution is 2.28. The average Bonchev–Trinajstić information content (AvgIpc) is 3.08. The number of hydrogen-bond donors (Lipinski definition) is 1. The van der Waals surface area contributed by atoms with Crippen LogP contribution in [0, 0.1) is 13.8 Å². The first-order valence-corrected chi connectivity index (χ1v) is 8.77. The Morgan fingerprint density at radius 2 is 1.89 bits per heavy atom. The van der Waals surface area contributed by atoms with Crippen molar-refractivity contribution in [1.29, 1.82) is 0 Å². The van der Waals surface area contributed by atoms with E-state index in [1.165, 1.54) is 6.21 Å². The van der Waals surface area contributed by atoms with E-state index < -0.39 is 0 Å². The Morgan fingerprint density at radius 3 is 2.63 bits per heavy atom. The smallest absolute Gasteiger partial charge is 0.277 e. The van der Waals surface area contributed by atoms with Gasteiger partial charge in [-0.15, -0.1) is 0 Å². The summed E-state index contributed by atoms with van der Waals surface area (Å²) in [6, 6.07) is 16.7. The van der Waals surface area contributed by atoms with E-state index in [9.17, 15) is 4.79 Å². The molecule has 0 aliphatic carbocycles. The fourth-order valence-corrected chi connectivity index (χ4v) is 2.82. The highest BCUT2D eigenvalue weighted by atomic mass is 35.5. The minimum absolute atomic E-state index is 0.122. The fraction of sp³-hybridized carbons (Fsp3) is 0.143. The zero-order chi connectivity index (χ0) is 19.2. The van der Waals surface area contributed by atoms with Gasteiger partial charge in [0.2, 0.25) is 0 Å². The fourth-order valence-electron chi connectivity index (χ4n) is 2.59. The van der Waals surface area contributed by atoms with Crippen molar-refractivity contribution in [2.24, 2.45) is 5.10 Å². The second-order valence-electron chi connectivity index (χ2n) is 6.09. The number of amides is 1. The van der Waals surface area contributed by atoms with Gasteiger partial charge in [-0.2, -0.15) is 5.10 Å². The van der Waals surface area contributed by atoms with E-state index in [1.54, 1.807) is 18.2 Å². The first-order valence-electron chi connectivity index (χ1n) is 8.39. The maximum absolute atomic E-state index is 11.8. The molecule has 0 bridgehead atoms. The van der Waals surface area contributed by atoms with Crippen LogP contribution in [0.15, 0.2) is 64.1 Å². The van der Waals surface area contributed by atoms with Gasteiger partial charge in [-0.3, -0.25) is 4.79 Å². The Balaban J connectivity index is 1.53. The molecule has 0 spiro atoms. The lowest BCUT2D eigenvalue weighted by molar-refractivity contribution is -0.123. The summed E-state index contributed by atoms with van der Waals surface area (Å²) in [5.41, 5.74) is 5.36. The molecule has 3 rings (SSSR count). The van der Waals surface area contributed by atoms with Crippen LogP contribution in [0.25, 0.3) is 11.3 Å². The number of nitrogens with zero attached hydrogens (tertiary/aromatic N) is 1. The molecule has 1 amide bonds. The molecule has 0 aliphatic heterocycles. The van der Waals surface area contributed by atoms with Crippen molar-refractivity contribution in [3.8, 4) is 17.1 Å². The van der Waals surface area contributed by atoms with Gasteiger partial charge in [-0.05, 0) is 61.4 Å². The molecule has 5 nitrogen and oxygen atoms in total. The van der Waals surface area contributed by atoms with Crippen LogP contribution < -0.4 is 10.2 Å². The lowest BCUT2D eigenvalue weighted by Gasteiger charge is -2.07. The largest absolute Gasteiger partial charge is 0.484 e. The SMILES string of the molecule is Cc1cc(C)cc(OCC(=O)N/N=C\c2ccc(-c3ccccc3Cl)o2)c1. The number of rotatable bonds is 6. The molecule has 3 aromatic rings. The van der Waals surface area contributed by atoms with Crippen molar-refractivity contribution >= 4 is 23.7 Å². The Kier molecular flexibility index (Phi) is 5.94. The molecule has 2 aromatic carbocycles. The van der Waals surface area contributed by atoms with Gasteiger partial charge in [-0.25, -0.2) is 5.43 Å². The third kappa shape index (κ3) is 5.21. The summed E-state index contributed by atoms with van der Waals surface area (Å²) in [7, 11) is 0. The number of carbonyl (C=O) groups is 1. The van der Waals surface area contributed by atoms with Crippen molar-refractivity contribution in [3.63, 3.8) is 0 Å². The number of benzene rings is 2.